The molecule has 0 amide bonds. The second-order valence-corrected chi connectivity index (χ2v) is 4.06. The smallest absolute Gasteiger partial charge is 0.406 e. The van der Waals surface area contributed by atoms with Gasteiger partial charge in [0.25, 0.3) is 0 Å². The van der Waals surface area contributed by atoms with Gasteiger partial charge in [-0.1, -0.05) is 0 Å². The molecule has 78 valence electrons. The number of halogens is 5. The van der Waals surface area contributed by atoms with Crippen molar-refractivity contribution >= 4 is 37.5 Å². The molecule has 0 radical (unpaired) electrons. The SMILES string of the molecule is Nc1c(Br)cc(OC(F)(F)F)cc1Br. The minimum Gasteiger partial charge on any atom is -0.406 e. The van der Waals surface area contributed by atoms with E-state index in [1.807, 2.05) is 0 Å². The second-order valence-electron chi connectivity index (χ2n) is 2.35. The normalized spacial score (nSPS) is 11.5. The monoisotopic (exact) mass is 333 g/mol. The van der Waals surface area contributed by atoms with Gasteiger partial charge in [-0.2, -0.15) is 0 Å². The maximum atomic E-state index is 11.8. The van der Waals surface area contributed by atoms with E-state index in [4.69, 9.17) is 5.73 Å². The Morgan fingerprint density at radius 1 is 1.14 bits per heavy atom. The summed E-state index contributed by atoms with van der Waals surface area (Å²) in [5, 5.41) is 0. The number of anilines is 1. The summed E-state index contributed by atoms with van der Waals surface area (Å²) in [7, 11) is 0. The molecule has 0 aliphatic heterocycles. The third-order valence-electron chi connectivity index (χ3n) is 1.29. The van der Waals surface area contributed by atoms with Gasteiger partial charge in [-0.05, 0) is 44.0 Å². The van der Waals surface area contributed by atoms with Gasteiger partial charge in [-0.25, -0.2) is 0 Å². The number of hydrogen-bond acceptors (Lipinski definition) is 2. The van der Waals surface area contributed by atoms with Gasteiger partial charge < -0.3 is 10.5 Å². The van der Waals surface area contributed by atoms with Crippen LogP contribution in [0.3, 0.4) is 0 Å². The molecule has 0 fully saturated rings. The van der Waals surface area contributed by atoms with Crippen molar-refractivity contribution < 1.29 is 17.9 Å². The molecule has 7 heteroatoms. The number of alkyl halides is 3. The summed E-state index contributed by atoms with van der Waals surface area (Å²) < 4.78 is 39.8. The van der Waals surface area contributed by atoms with Crippen molar-refractivity contribution in [1.82, 2.24) is 0 Å². The van der Waals surface area contributed by atoms with Crippen molar-refractivity contribution in [3.8, 4) is 5.75 Å². The second kappa shape index (κ2) is 3.98. The van der Waals surface area contributed by atoms with E-state index in [0.717, 1.165) is 12.1 Å². The molecule has 0 saturated heterocycles. The molecular weight excluding hydrogens is 331 g/mol. The van der Waals surface area contributed by atoms with Crippen molar-refractivity contribution in [2.75, 3.05) is 5.73 Å². The Bertz CT molecular complexity index is 330. The molecule has 0 heterocycles. The van der Waals surface area contributed by atoms with Crippen LogP contribution in [-0.4, -0.2) is 6.36 Å². The lowest BCUT2D eigenvalue weighted by atomic mass is 10.3. The maximum absolute atomic E-state index is 11.8. The molecule has 0 spiro atoms. The van der Waals surface area contributed by atoms with E-state index in [2.05, 4.69) is 36.6 Å². The van der Waals surface area contributed by atoms with E-state index < -0.39 is 6.36 Å². The van der Waals surface area contributed by atoms with Crippen LogP contribution in [0.1, 0.15) is 0 Å². The predicted molar refractivity (Wildman–Crippen MR) is 52.9 cm³/mol. The summed E-state index contributed by atoms with van der Waals surface area (Å²) in [5.74, 6) is -0.328. The first kappa shape index (κ1) is 11.6. The van der Waals surface area contributed by atoms with Crippen molar-refractivity contribution in [3.63, 3.8) is 0 Å². The summed E-state index contributed by atoms with van der Waals surface area (Å²) in [6.07, 6.45) is -4.70. The predicted octanol–water partition coefficient (Wildman–Crippen LogP) is 3.69. The topological polar surface area (TPSA) is 35.2 Å². The van der Waals surface area contributed by atoms with Gasteiger partial charge in [0, 0.05) is 8.95 Å². The standard InChI is InChI=1S/C7H4Br2F3NO/c8-4-1-3(14-7(10,11)12)2-5(9)6(4)13/h1-2H,13H2. The van der Waals surface area contributed by atoms with E-state index >= 15 is 0 Å². The van der Waals surface area contributed by atoms with E-state index in [-0.39, 0.29) is 5.75 Å². The van der Waals surface area contributed by atoms with Gasteiger partial charge in [-0.15, -0.1) is 13.2 Å². The van der Waals surface area contributed by atoms with Gasteiger partial charge in [-0.3, -0.25) is 0 Å². The fourth-order valence-electron chi connectivity index (χ4n) is 0.754. The van der Waals surface area contributed by atoms with Crippen LogP contribution in [-0.2, 0) is 0 Å². The lowest BCUT2D eigenvalue weighted by molar-refractivity contribution is -0.274. The summed E-state index contributed by atoms with van der Waals surface area (Å²) >= 11 is 6.00. The van der Waals surface area contributed by atoms with Gasteiger partial charge in [0.2, 0.25) is 0 Å². The number of rotatable bonds is 1. The van der Waals surface area contributed by atoms with E-state index in [1.54, 1.807) is 0 Å². The zero-order valence-electron chi connectivity index (χ0n) is 6.53. The molecular formula is C7H4Br2F3NO. The Labute approximate surface area is 94.5 Å². The largest absolute Gasteiger partial charge is 0.573 e. The molecule has 1 rings (SSSR count). The third kappa shape index (κ3) is 3.06. The lowest BCUT2D eigenvalue weighted by Gasteiger charge is -2.10. The van der Waals surface area contributed by atoms with Crippen molar-refractivity contribution in [1.29, 1.82) is 0 Å². The molecule has 1 aromatic carbocycles. The summed E-state index contributed by atoms with van der Waals surface area (Å²) in [6.45, 7) is 0. The Kier molecular flexibility index (Phi) is 3.31. The van der Waals surface area contributed by atoms with Crippen LogP contribution in [0.5, 0.6) is 5.75 Å². The highest BCUT2D eigenvalue weighted by Gasteiger charge is 2.31. The third-order valence-corrected chi connectivity index (χ3v) is 2.60. The molecule has 2 N–H and O–H groups in total. The molecule has 0 aliphatic rings. The van der Waals surface area contributed by atoms with Crippen molar-refractivity contribution in [2.45, 2.75) is 6.36 Å². The number of nitrogen functional groups attached to an aromatic ring is 1. The maximum Gasteiger partial charge on any atom is 0.573 e. The van der Waals surface area contributed by atoms with Crippen LogP contribution >= 0.6 is 31.9 Å². The molecule has 0 aliphatic carbocycles. The average molecular weight is 335 g/mol. The number of ether oxygens (including phenoxy) is 1. The molecule has 0 aromatic heterocycles. The van der Waals surface area contributed by atoms with Gasteiger partial charge in [0.1, 0.15) is 5.75 Å². The Morgan fingerprint density at radius 2 is 1.57 bits per heavy atom. The number of nitrogens with two attached hydrogens (primary N) is 1. The fourth-order valence-corrected chi connectivity index (χ4v) is 1.90. The molecule has 0 atom stereocenters. The molecule has 2 nitrogen and oxygen atoms in total. The number of benzene rings is 1. The van der Waals surface area contributed by atoms with Crippen LogP contribution < -0.4 is 10.5 Å². The fraction of sp³-hybridized carbons (Fsp3) is 0.143. The first-order valence-electron chi connectivity index (χ1n) is 3.30. The van der Waals surface area contributed by atoms with E-state index in [1.165, 1.54) is 0 Å². The minimum absolute atomic E-state index is 0.319. The Balaban J connectivity index is 3.02. The van der Waals surface area contributed by atoms with Crippen molar-refractivity contribution in [2.24, 2.45) is 0 Å². The Morgan fingerprint density at radius 3 is 1.93 bits per heavy atom. The summed E-state index contributed by atoms with van der Waals surface area (Å²) in [6, 6.07) is 2.29. The molecule has 0 unspecified atom stereocenters. The zero-order valence-corrected chi connectivity index (χ0v) is 9.70. The average Bonchev–Trinajstić information content (AvgIpc) is 1.96. The van der Waals surface area contributed by atoms with E-state index in [0.29, 0.717) is 14.6 Å². The van der Waals surface area contributed by atoms with E-state index in [9.17, 15) is 13.2 Å². The van der Waals surface area contributed by atoms with Gasteiger partial charge in [0.05, 0.1) is 5.69 Å². The zero-order chi connectivity index (χ0) is 10.9. The first-order chi connectivity index (χ1) is 6.29. The van der Waals surface area contributed by atoms with Crippen LogP contribution in [0.2, 0.25) is 0 Å². The lowest BCUT2D eigenvalue weighted by Crippen LogP contribution is -2.17. The molecule has 0 saturated carbocycles. The quantitative estimate of drug-likeness (QED) is 0.795. The van der Waals surface area contributed by atoms with Crippen LogP contribution in [0.15, 0.2) is 21.1 Å². The first-order valence-corrected chi connectivity index (χ1v) is 4.88. The molecule has 0 bridgehead atoms. The van der Waals surface area contributed by atoms with Gasteiger partial charge in [0.15, 0.2) is 0 Å². The summed E-state index contributed by atoms with van der Waals surface area (Å²) in [5.41, 5.74) is 5.80. The highest BCUT2D eigenvalue weighted by atomic mass is 79.9. The Hall–Kier alpha value is -0.430. The summed E-state index contributed by atoms with van der Waals surface area (Å²) in [4.78, 5) is 0. The minimum atomic E-state index is -4.70. The van der Waals surface area contributed by atoms with Gasteiger partial charge >= 0.3 is 6.36 Å². The highest BCUT2D eigenvalue weighted by molar-refractivity contribution is 9.11. The highest BCUT2D eigenvalue weighted by Crippen LogP contribution is 2.34. The number of hydrogen-bond donors (Lipinski definition) is 1. The van der Waals surface area contributed by atoms with Crippen LogP contribution in [0.4, 0.5) is 18.9 Å². The van der Waals surface area contributed by atoms with Crippen molar-refractivity contribution in [3.05, 3.63) is 21.1 Å². The van der Waals surface area contributed by atoms with Crippen LogP contribution in [0, 0.1) is 0 Å². The molecule has 1 aromatic rings. The van der Waals surface area contributed by atoms with Crippen LogP contribution in [0.25, 0.3) is 0 Å². The molecule has 14 heavy (non-hydrogen) atoms.